The van der Waals surface area contributed by atoms with Crippen LogP contribution in [0.25, 0.3) is 5.53 Å². The molecule has 134 valence electrons. The van der Waals surface area contributed by atoms with Crippen LogP contribution < -0.4 is 5.32 Å². The molecule has 0 aromatic carbocycles. The number of hydrogen-bond donors (Lipinski definition) is 2. The molecular formula is C16H25N3O5. The number of carbonyl (C=O) groups is 3. The fourth-order valence-electron chi connectivity index (χ4n) is 2.94. The average molecular weight is 339 g/mol. The fourth-order valence-corrected chi connectivity index (χ4v) is 2.94. The van der Waals surface area contributed by atoms with Gasteiger partial charge in [0.05, 0.1) is 0 Å². The molecule has 8 nitrogen and oxygen atoms in total. The summed E-state index contributed by atoms with van der Waals surface area (Å²) in [5, 5.41) is 11.7. The molecule has 0 aliphatic heterocycles. The summed E-state index contributed by atoms with van der Waals surface area (Å²) in [6, 6.07) is -1.18. The van der Waals surface area contributed by atoms with Crippen molar-refractivity contribution in [2.45, 2.75) is 64.0 Å². The number of rotatable bonds is 11. The first-order valence-electron chi connectivity index (χ1n) is 8.33. The van der Waals surface area contributed by atoms with Gasteiger partial charge in [0.15, 0.2) is 0 Å². The molecule has 1 aliphatic rings. The van der Waals surface area contributed by atoms with E-state index in [1.165, 1.54) is 0 Å². The second kappa shape index (κ2) is 10.7. The molecule has 0 saturated heterocycles. The predicted molar refractivity (Wildman–Crippen MR) is 85.5 cm³/mol. The van der Waals surface area contributed by atoms with Gasteiger partial charge < -0.3 is 20.7 Å². The van der Waals surface area contributed by atoms with E-state index in [-0.39, 0.29) is 12.8 Å². The van der Waals surface area contributed by atoms with Gasteiger partial charge in [-0.3, -0.25) is 9.59 Å². The molecule has 0 bridgehead atoms. The molecule has 0 heterocycles. The van der Waals surface area contributed by atoms with Crippen molar-refractivity contribution in [2.24, 2.45) is 5.92 Å². The zero-order chi connectivity index (χ0) is 17.9. The Hall–Kier alpha value is -2.05. The zero-order valence-electron chi connectivity index (χ0n) is 13.9. The Morgan fingerprint density at radius 1 is 1.38 bits per heavy atom. The largest absolute Gasteiger partial charge is 0.480 e. The summed E-state index contributed by atoms with van der Waals surface area (Å²) in [6.07, 6.45) is 4.84. The summed E-state index contributed by atoms with van der Waals surface area (Å²) < 4.78 is 5.48. The van der Waals surface area contributed by atoms with Crippen LogP contribution in [0.15, 0.2) is 0 Å². The topological polar surface area (TPSA) is 129 Å². The quantitative estimate of drug-likeness (QED) is 0.332. The van der Waals surface area contributed by atoms with Crippen molar-refractivity contribution < 1.29 is 29.0 Å². The highest BCUT2D eigenvalue weighted by atomic mass is 16.5. The van der Waals surface area contributed by atoms with Crippen LogP contribution in [-0.4, -0.2) is 52.5 Å². The van der Waals surface area contributed by atoms with E-state index in [0.717, 1.165) is 25.7 Å². The molecule has 0 radical (unpaired) electrons. The Bertz CT molecular complexity index is 496. The third-order valence-corrected chi connectivity index (χ3v) is 4.18. The van der Waals surface area contributed by atoms with Crippen molar-refractivity contribution >= 4 is 23.9 Å². The highest BCUT2D eigenvalue weighted by Gasteiger charge is 2.29. The third-order valence-electron chi connectivity index (χ3n) is 4.18. The van der Waals surface area contributed by atoms with Gasteiger partial charge in [-0.05, 0) is 25.7 Å². The number of nitrogens with zero attached hydrogens (tertiary/aromatic N) is 2. The van der Waals surface area contributed by atoms with Crippen LogP contribution in [0, 0.1) is 5.92 Å². The Kier molecular flexibility index (Phi) is 8.89. The highest BCUT2D eigenvalue weighted by Crippen LogP contribution is 2.29. The number of nitrogens with one attached hydrogen (secondary N) is 1. The van der Waals surface area contributed by atoms with Crippen LogP contribution in [0.3, 0.4) is 0 Å². The minimum absolute atomic E-state index is 0.0752. The lowest BCUT2D eigenvalue weighted by Gasteiger charge is -2.22. The van der Waals surface area contributed by atoms with Crippen LogP contribution in [0.5, 0.6) is 0 Å². The molecule has 1 amide bonds. The van der Waals surface area contributed by atoms with Gasteiger partial charge in [-0.25, -0.2) is 4.79 Å². The van der Waals surface area contributed by atoms with E-state index in [1.54, 1.807) is 6.92 Å². The lowest BCUT2D eigenvalue weighted by atomic mass is 9.99. The Morgan fingerprint density at radius 3 is 2.58 bits per heavy atom. The van der Waals surface area contributed by atoms with Gasteiger partial charge in [0.25, 0.3) is 0 Å². The number of carbonyl (C=O) groups excluding carboxylic acids is 2. The number of ether oxygens (including phenoxy) is 1. The first kappa shape index (κ1) is 20.0. The third kappa shape index (κ3) is 7.02. The standard InChI is InChI=1S/C16H25N3O5/c1-2-24-14(9-11-5-3-4-6-11)15(21)19-13(16(22)23)8-7-12(20)10-18-17/h10-11,13-14H,2-9H2,1H3,(H,19,21)(H,22,23)/t13-,14-/m0/s1. The van der Waals surface area contributed by atoms with Crippen LogP contribution in [0.4, 0.5) is 0 Å². The zero-order valence-corrected chi connectivity index (χ0v) is 13.9. The normalized spacial score (nSPS) is 16.9. The number of Topliss-reactive ketones (excluding diaryl/α,β-unsaturated/α-hetero) is 1. The minimum Gasteiger partial charge on any atom is -0.480 e. The summed E-state index contributed by atoms with van der Waals surface area (Å²) in [5.74, 6) is -1.75. The second-order valence-corrected chi connectivity index (χ2v) is 5.98. The molecule has 0 aromatic heterocycles. The van der Waals surface area contributed by atoms with Crippen molar-refractivity contribution in [3.63, 3.8) is 0 Å². The van der Waals surface area contributed by atoms with E-state index in [0.29, 0.717) is 25.2 Å². The van der Waals surface area contributed by atoms with Gasteiger partial charge in [0, 0.05) is 13.0 Å². The predicted octanol–water partition coefficient (Wildman–Crippen LogP) is 1.19. The van der Waals surface area contributed by atoms with Crippen LogP contribution in [0.2, 0.25) is 0 Å². The van der Waals surface area contributed by atoms with Gasteiger partial charge in [-0.2, -0.15) is 4.79 Å². The molecule has 0 spiro atoms. The summed E-state index contributed by atoms with van der Waals surface area (Å²) in [5.41, 5.74) is 8.27. The van der Waals surface area contributed by atoms with E-state index in [1.807, 2.05) is 0 Å². The molecule has 0 aromatic rings. The Labute approximate surface area is 141 Å². The summed E-state index contributed by atoms with van der Waals surface area (Å²) in [6.45, 7) is 2.16. The molecule has 1 rings (SSSR count). The number of carboxylic acids is 1. The van der Waals surface area contributed by atoms with Gasteiger partial charge in [0.1, 0.15) is 12.1 Å². The maximum atomic E-state index is 12.4. The highest BCUT2D eigenvalue weighted by molar-refractivity contribution is 6.25. The van der Waals surface area contributed by atoms with Crippen LogP contribution in [0.1, 0.15) is 51.9 Å². The van der Waals surface area contributed by atoms with Crippen LogP contribution >= 0.6 is 0 Å². The number of carboxylic acid groups (broad SMARTS) is 1. The van der Waals surface area contributed by atoms with E-state index >= 15 is 0 Å². The molecule has 1 aliphatic carbocycles. The maximum absolute atomic E-state index is 12.4. The van der Waals surface area contributed by atoms with Gasteiger partial charge in [0.2, 0.25) is 11.7 Å². The van der Waals surface area contributed by atoms with Crippen molar-refractivity contribution in [1.82, 2.24) is 5.32 Å². The number of amides is 1. The number of aliphatic carboxylic acids is 1. The van der Waals surface area contributed by atoms with Gasteiger partial charge in [-0.15, -0.1) is 0 Å². The lowest BCUT2D eigenvalue weighted by Crippen LogP contribution is -2.47. The van der Waals surface area contributed by atoms with Crippen molar-refractivity contribution in [3.05, 3.63) is 5.53 Å². The molecule has 2 atom stereocenters. The molecule has 24 heavy (non-hydrogen) atoms. The van der Waals surface area contributed by atoms with Crippen molar-refractivity contribution in [1.29, 1.82) is 0 Å². The number of hydrogen-bond acceptors (Lipinski definition) is 4. The summed E-state index contributed by atoms with van der Waals surface area (Å²) in [7, 11) is 0. The van der Waals surface area contributed by atoms with E-state index in [9.17, 15) is 19.5 Å². The van der Waals surface area contributed by atoms with E-state index in [2.05, 4.69) is 10.1 Å². The first-order chi connectivity index (χ1) is 11.5. The summed E-state index contributed by atoms with van der Waals surface area (Å²) in [4.78, 5) is 37.5. The number of ketones is 1. The Balaban J connectivity index is 2.60. The van der Waals surface area contributed by atoms with Gasteiger partial charge in [-0.1, -0.05) is 25.7 Å². The maximum Gasteiger partial charge on any atom is 0.326 e. The fraction of sp³-hybridized carbons (Fsp3) is 0.750. The Morgan fingerprint density at radius 2 is 2.04 bits per heavy atom. The molecule has 0 unspecified atom stereocenters. The average Bonchev–Trinajstić information content (AvgIpc) is 3.03. The lowest BCUT2D eigenvalue weighted by molar-refractivity contribution is -0.145. The molecular weight excluding hydrogens is 314 g/mol. The first-order valence-corrected chi connectivity index (χ1v) is 8.33. The van der Waals surface area contributed by atoms with Crippen LogP contribution in [-0.2, 0) is 19.1 Å². The van der Waals surface area contributed by atoms with Crippen molar-refractivity contribution in [3.8, 4) is 0 Å². The monoisotopic (exact) mass is 339 g/mol. The summed E-state index contributed by atoms with van der Waals surface area (Å²) >= 11 is 0. The molecule has 8 heteroatoms. The molecule has 1 fully saturated rings. The molecule has 1 saturated carbocycles. The smallest absolute Gasteiger partial charge is 0.326 e. The van der Waals surface area contributed by atoms with Gasteiger partial charge >= 0.3 is 12.2 Å². The van der Waals surface area contributed by atoms with Crippen molar-refractivity contribution in [2.75, 3.05) is 6.61 Å². The second-order valence-electron chi connectivity index (χ2n) is 5.98. The van der Waals surface area contributed by atoms with E-state index in [4.69, 9.17) is 10.3 Å². The SMILES string of the molecule is CCO[C@@H](CC1CCCC1)C(=O)N[C@@H](CCC(=O)C=[N+]=[N-])C(=O)O. The van der Waals surface area contributed by atoms with E-state index < -0.39 is 29.8 Å². The molecule has 2 N–H and O–H groups in total. The minimum atomic E-state index is -1.21.